The summed E-state index contributed by atoms with van der Waals surface area (Å²) in [5.41, 5.74) is 1.46. The van der Waals surface area contributed by atoms with E-state index in [1.54, 1.807) is 6.20 Å². The fraction of sp³-hybridized carbons (Fsp3) is 0.400. The number of rotatable bonds is 3. The number of carbonyl (C=O) groups is 3. The van der Waals surface area contributed by atoms with E-state index in [1.165, 1.54) is 4.90 Å². The number of hydrogen-bond acceptors (Lipinski definition) is 4. The largest absolute Gasteiger partial charge is 0.324 e. The second-order valence-corrected chi connectivity index (χ2v) is 7.04. The third-order valence-corrected chi connectivity index (χ3v) is 5.36. The topological polar surface area (TPSA) is 79.4 Å². The van der Waals surface area contributed by atoms with Crippen molar-refractivity contribution in [3.05, 3.63) is 36.5 Å². The minimum absolute atomic E-state index is 0.0630. The number of hydrogen-bond donors (Lipinski definition) is 1. The summed E-state index contributed by atoms with van der Waals surface area (Å²) in [6, 6.07) is 9.38. The highest BCUT2D eigenvalue weighted by Crippen LogP contribution is 2.32. The summed E-state index contributed by atoms with van der Waals surface area (Å²) in [5.74, 6) is -0.459. The highest BCUT2D eigenvalue weighted by molar-refractivity contribution is 6.03. The van der Waals surface area contributed by atoms with Gasteiger partial charge in [0.25, 0.3) is 0 Å². The molecule has 26 heavy (non-hydrogen) atoms. The summed E-state index contributed by atoms with van der Waals surface area (Å²) < 4.78 is 0. The number of nitrogens with one attached hydrogen (secondary N) is 1. The molecule has 4 rings (SSSR count). The van der Waals surface area contributed by atoms with E-state index in [4.69, 9.17) is 0 Å². The molecule has 0 unspecified atom stereocenters. The zero-order valence-corrected chi connectivity index (χ0v) is 14.5. The second kappa shape index (κ2) is 6.86. The van der Waals surface area contributed by atoms with E-state index in [9.17, 15) is 14.4 Å². The van der Waals surface area contributed by atoms with Crippen molar-refractivity contribution in [2.24, 2.45) is 5.92 Å². The van der Waals surface area contributed by atoms with Crippen molar-refractivity contribution in [1.82, 2.24) is 9.88 Å². The van der Waals surface area contributed by atoms with Gasteiger partial charge < -0.3 is 5.32 Å². The predicted octanol–water partition coefficient (Wildman–Crippen LogP) is 2.88. The van der Waals surface area contributed by atoms with Crippen LogP contribution >= 0.6 is 0 Å². The number of benzene rings is 1. The number of likely N-dealkylation sites (tertiary alicyclic amines) is 1. The maximum Gasteiger partial charge on any atom is 0.229 e. The number of nitrogens with zero attached hydrogens (tertiary/aromatic N) is 2. The van der Waals surface area contributed by atoms with Gasteiger partial charge in [-0.05, 0) is 31.4 Å². The molecule has 2 aromatic rings. The first-order chi connectivity index (χ1) is 12.6. The Bertz CT molecular complexity index is 858. The molecule has 1 aromatic carbocycles. The standard InChI is InChI=1S/C20H21N3O3/c24-17-9-10-18(25)23(17)15-7-1-5-14(12-15)20(26)22-16-8-2-4-13-6-3-11-21-19(13)16/h2-4,6,8,11,14-15H,1,5,7,9-10,12H2,(H,22,26)/t14-,15-/m1/s1. The van der Waals surface area contributed by atoms with Crippen LogP contribution in [0.1, 0.15) is 38.5 Å². The normalized spacial score (nSPS) is 23.5. The molecule has 2 atom stereocenters. The van der Waals surface area contributed by atoms with Gasteiger partial charge in [-0.3, -0.25) is 24.3 Å². The lowest BCUT2D eigenvalue weighted by Crippen LogP contribution is -2.44. The van der Waals surface area contributed by atoms with E-state index in [2.05, 4.69) is 10.3 Å². The maximum atomic E-state index is 12.8. The van der Waals surface area contributed by atoms with Crippen molar-refractivity contribution < 1.29 is 14.4 Å². The van der Waals surface area contributed by atoms with Gasteiger partial charge in [0.1, 0.15) is 0 Å². The van der Waals surface area contributed by atoms with Crippen LogP contribution in [-0.4, -0.2) is 33.6 Å². The summed E-state index contributed by atoms with van der Waals surface area (Å²) in [5, 5.41) is 3.97. The van der Waals surface area contributed by atoms with Crippen LogP contribution in [-0.2, 0) is 14.4 Å². The quantitative estimate of drug-likeness (QED) is 0.863. The van der Waals surface area contributed by atoms with Gasteiger partial charge in [0.2, 0.25) is 17.7 Å². The highest BCUT2D eigenvalue weighted by Gasteiger charge is 2.38. The number of amides is 3. The molecular formula is C20H21N3O3. The van der Waals surface area contributed by atoms with E-state index in [1.807, 2.05) is 30.3 Å². The molecule has 134 valence electrons. The Morgan fingerprint density at radius 2 is 1.85 bits per heavy atom. The highest BCUT2D eigenvalue weighted by atomic mass is 16.2. The lowest BCUT2D eigenvalue weighted by Gasteiger charge is -2.33. The first-order valence-corrected chi connectivity index (χ1v) is 9.13. The van der Waals surface area contributed by atoms with Crippen molar-refractivity contribution in [3.63, 3.8) is 0 Å². The molecule has 1 aliphatic carbocycles. The average Bonchev–Trinajstić information content (AvgIpc) is 3.00. The summed E-state index contributed by atoms with van der Waals surface area (Å²) >= 11 is 0. The Hall–Kier alpha value is -2.76. The van der Waals surface area contributed by atoms with Crippen LogP contribution in [0.25, 0.3) is 10.9 Å². The van der Waals surface area contributed by atoms with Gasteiger partial charge in [0, 0.05) is 36.4 Å². The third-order valence-electron chi connectivity index (χ3n) is 5.36. The first-order valence-electron chi connectivity index (χ1n) is 9.13. The molecule has 1 saturated heterocycles. The van der Waals surface area contributed by atoms with Crippen LogP contribution in [0.2, 0.25) is 0 Å². The smallest absolute Gasteiger partial charge is 0.229 e. The van der Waals surface area contributed by atoms with Crippen LogP contribution in [0.4, 0.5) is 5.69 Å². The first kappa shape index (κ1) is 16.7. The fourth-order valence-electron chi connectivity index (χ4n) is 4.08. The molecule has 3 amide bonds. The monoisotopic (exact) mass is 351 g/mol. The molecule has 0 bridgehead atoms. The van der Waals surface area contributed by atoms with E-state index in [0.29, 0.717) is 24.9 Å². The Morgan fingerprint density at radius 3 is 2.65 bits per heavy atom. The summed E-state index contributed by atoms with van der Waals surface area (Å²) in [6.45, 7) is 0. The summed E-state index contributed by atoms with van der Waals surface area (Å²) in [4.78, 5) is 42.6. The van der Waals surface area contributed by atoms with Gasteiger partial charge in [-0.1, -0.05) is 24.6 Å². The van der Waals surface area contributed by atoms with Crippen LogP contribution in [0.15, 0.2) is 36.5 Å². The number of fused-ring (bicyclic) bond motifs is 1. The number of carbonyl (C=O) groups excluding carboxylic acids is 3. The van der Waals surface area contributed by atoms with E-state index >= 15 is 0 Å². The molecule has 1 saturated carbocycles. The number of imide groups is 1. The summed E-state index contributed by atoms with van der Waals surface area (Å²) in [6.07, 6.45) is 5.25. The molecule has 2 aliphatic rings. The number of pyridine rings is 1. The van der Waals surface area contributed by atoms with Crippen LogP contribution in [0, 0.1) is 5.92 Å². The minimum Gasteiger partial charge on any atom is -0.324 e. The van der Waals surface area contributed by atoms with Crippen molar-refractivity contribution in [3.8, 4) is 0 Å². The van der Waals surface area contributed by atoms with Crippen LogP contribution < -0.4 is 5.32 Å². The third kappa shape index (κ3) is 3.07. The van der Waals surface area contributed by atoms with Crippen LogP contribution in [0.5, 0.6) is 0 Å². The van der Waals surface area contributed by atoms with Crippen molar-refractivity contribution in [1.29, 1.82) is 0 Å². The van der Waals surface area contributed by atoms with Gasteiger partial charge in [-0.15, -0.1) is 0 Å². The lowest BCUT2D eigenvalue weighted by molar-refractivity contribution is -0.143. The molecular weight excluding hydrogens is 330 g/mol. The van der Waals surface area contributed by atoms with Gasteiger partial charge in [-0.2, -0.15) is 0 Å². The molecule has 1 aliphatic heterocycles. The lowest BCUT2D eigenvalue weighted by atomic mass is 9.84. The fourth-order valence-corrected chi connectivity index (χ4v) is 4.08. The Morgan fingerprint density at radius 1 is 1.08 bits per heavy atom. The Balaban J connectivity index is 1.49. The molecule has 0 spiro atoms. The molecule has 2 heterocycles. The number of aromatic nitrogens is 1. The SMILES string of the molecule is O=C(Nc1cccc2cccnc12)[C@@H]1CCC[C@@H](N2C(=O)CCC2=O)C1. The molecule has 1 aromatic heterocycles. The van der Waals surface area contributed by atoms with E-state index in [-0.39, 0.29) is 29.7 Å². The van der Waals surface area contributed by atoms with Gasteiger partial charge in [0.05, 0.1) is 11.2 Å². The molecule has 0 radical (unpaired) electrons. The zero-order chi connectivity index (χ0) is 18.1. The van der Waals surface area contributed by atoms with E-state index in [0.717, 1.165) is 30.2 Å². The minimum atomic E-state index is -0.200. The van der Waals surface area contributed by atoms with Gasteiger partial charge >= 0.3 is 0 Å². The predicted molar refractivity (Wildman–Crippen MR) is 97.2 cm³/mol. The van der Waals surface area contributed by atoms with Crippen molar-refractivity contribution in [2.75, 3.05) is 5.32 Å². The van der Waals surface area contributed by atoms with Crippen LogP contribution in [0.3, 0.4) is 0 Å². The molecule has 6 nitrogen and oxygen atoms in total. The molecule has 1 N–H and O–H groups in total. The zero-order valence-electron chi connectivity index (χ0n) is 14.5. The van der Waals surface area contributed by atoms with E-state index < -0.39 is 0 Å². The Labute approximate surface area is 151 Å². The van der Waals surface area contributed by atoms with Crippen molar-refractivity contribution >= 4 is 34.3 Å². The number of para-hydroxylation sites is 1. The van der Waals surface area contributed by atoms with Gasteiger partial charge in [-0.25, -0.2) is 0 Å². The maximum absolute atomic E-state index is 12.8. The average molecular weight is 351 g/mol. The summed E-state index contributed by atoms with van der Waals surface area (Å²) in [7, 11) is 0. The number of anilines is 1. The Kier molecular flexibility index (Phi) is 4.41. The van der Waals surface area contributed by atoms with Crippen molar-refractivity contribution in [2.45, 2.75) is 44.6 Å². The molecule has 2 fully saturated rings. The van der Waals surface area contributed by atoms with Gasteiger partial charge in [0.15, 0.2) is 0 Å². The second-order valence-electron chi connectivity index (χ2n) is 7.04. The molecule has 6 heteroatoms.